The summed E-state index contributed by atoms with van der Waals surface area (Å²) in [7, 11) is 0. The van der Waals surface area contributed by atoms with Gasteiger partial charge in [-0.05, 0) is 24.3 Å². The van der Waals surface area contributed by atoms with Crippen molar-refractivity contribution in [3.63, 3.8) is 0 Å². The highest BCUT2D eigenvalue weighted by molar-refractivity contribution is 4.79. The minimum absolute atomic E-state index is 0.491. The second-order valence-electron chi connectivity index (χ2n) is 4.10. The molecule has 0 saturated heterocycles. The van der Waals surface area contributed by atoms with Gasteiger partial charge in [0, 0.05) is 6.54 Å². The summed E-state index contributed by atoms with van der Waals surface area (Å²) in [4.78, 5) is 0. The minimum Gasteiger partial charge on any atom is -0.316 e. The van der Waals surface area contributed by atoms with E-state index in [2.05, 4.69) is 39.9 Å². The molecule has 1 heteroatoms. The lowest BCUT2D eigenvalue weighted by Crippen LogP contribution is -2.36. The Bertz CT molecular complexity index is 112. The number of hydrogen-bond acceptors (Lipinski definition) is 1. The second-order valence-corrected chi connectivity index (χ2v) is 4.10. The number of rotatable bonds is 6. The van der Waals surface area contributed by atoms with Crippen LogP contribution in [0, 0.1) is 11.3 Å². The van der Waals surface area contributed by atoms with Crippen molar-refractivity contribution in [3.05, 3.63) is 0 Å². The van der Waals surface area contributed by atoms with Crippen molar-refractivity contribution in [1.29, 1.82) is 0 Å². The van der Waals surface area contributed by atoms with E-state index in [9.17, 15) is 0 Å². The molecule has 0 amide bonds. The van der Waals surface area contributed by atoms with Gasteiger partial charge in [0.25, 0.3) is 0 Å². The van der Waals surface area contributed by atoms with E-state index in [0.717, 1.165) is 19.0 Å². The van der Waals surface area contributed by atoms with Crippen molar-refractivity contribution in [2.75, 3.05) is 13.1 Å². The van der Waals surface area contributed by atoms with Crippen LogP contribution in [0.25, 0.3) is 0 Å². The normalized spacial score (nSPS) is 18.8. The molecule has 0 fully saturated rings. The van der Waals surface area contributed by atoms with Crippen molar-refractivity contribution in [3.8, 4) is 0 Å². The lowest BCUT2D eigenvalue weighted by molar-refractivity contribution is 0.181. The highest BCUT2D eigenvalue weighted by Gasteiger charge is 2.27. The maximum atomic E-state index is 3.46. The first-order valence-electron chi connectivity index (χ1n) is 5.31. The average Bonchev–Trinajstić information content (AvgIpc) is 2.12. The van der Waals surface area contributed by atoms with Crippen LogP contribution in [0.1, 0.15) is 47.5 Å². The minimum atomic E-state index is 0.491. The molecule has 1 N–H and O–H groups in total. The first-order chi connectivity index (χ1) is 5.60. The highest BCUT2D eigenvalue weighted by atomic mass is 14.9. The Labute approximate surface area is 77.9 Å². The maximum Gasteiger partial charge on any atom is 0.000749 e. The van der Waals surface area contributed by atoms with Gasteiger partial charge in [-0.15, -0.1) is 0 Å². The SMILES string of the molecule is CCNCC(C)(CC)C(C)CC. The number of nitrogens with one attached hydrogen (secondary N) is 1. The summed E-state index contributed by atoms with van der Waals surface area (Å²) in [6.07, 6.45) is 2.56. The fourth-order valence-corrected chi connectivity index (χ4v) is 1.55. The smallest absolute Gasteiger partial charge is 0.000749 e. The molecule has 0 radical (unpaired) electrons. The molecule has 0 aliphatic carbocycles. The van der Waals surface area contributed by atoms with Crippen molar-refractivity contribution in [1.82, 2.24) is 5.32 Å². The van der Waals surface area contributed by atoms with Gasteiger partial charge in [0.05, 0.1) is 0 Å². The third-order valence-corrected chi connectivity index (χ3v) is 3.39. The molecule has 0 heterocycles. The molecule has 12 heavy (non-hydrogen) atoms. The molecule has 0 aromatic rings. The molecular weight excluding hydrogens is 146 g/mol. The predicted octanol–water partition coefficient (Wildman–Crippen LogP) is 3.06. The second kappa shape index (κ2) is 5.58. The Hall–Kier alpha value is -0.0400. The molecular formula is C11H25N. The summed E-state index contributed by atoms with van der Waals surface area (Å²) < 4.78 is 0. The zero-order valence-corrected chi connectivity index (χ0v) is 9.41. The fourth-order valence-electron chi connectivity index (χ4n) is 1.55. The molecule has 0 aromatic carbocycles. The van der Waals surface area contributed by atoms with E-state index in [-0.39, 0.29) is 0 Å². The van der Waals surface area contributed by atoms with Gasteiger partial charge in [-0.1, -0.05) is 41.0 Å². The molecule has 2 unspecified atom stereocenters. The van der Waals surface area contributed by atoms with Crippen LogP contribution in [0.5, 0.6) is 0 Å². The van der Waals surface area contributed by atoms with Gasteiger partial charge in [-0.3, -0.25) is 0 Å². The van der Waals surface area contributed by atoms with Gasteiger partial charge in [0.1, 0.15) is 0 Å². The van der Waals surface area contributed by atoms with Gasteiger partial charge in [-0.25, -0.2) is 0 Å². The van der Waals surface area contributed by atoms with E-state index in [1.807, 2.05) is 0 Å². The predicted molar refractivity (Wildman–Crippen MR) is 56.4 cm³/mol. The first kappa shape index (κ1) is 12.0. The monoisotopic (exact) mass is 171 g/mol. The van der Waals surface area contributed by atoms with Crippen LogP contribution in [0.15, 0.2) is 0 Å². The van der Waals surface area contributed by atoms with Crippen LogP contribution in [0.4, 0.5) is 0 Å². The van der Waals surface area contributed by atoms with Gasteiger partial charge in [0.15, 0.2) is 0 Å². The first-order valence-corrected chi connectivity index (χ1v) is 5.31. The third-order valence-electron chi connectivity index (χ3n) is 3.39. The molecule has 2 atom stereocenters. The lowest BCUT2D eigenvalue weighted by Gasteiger charge is -2.34. The van der Waals surface area contributed by atoms with Crippen LogP contribution in [-0.2, 0) is 0 Å². The van der Waals surface area contributed by atoms with Crippen LogP contribution in [-0.4, -0.2) is 13.1 Å². The zero-order chi connectivity index (χ0) is 9.61. The Morgan fingerprint density at radius 2 is 1.83 bits per heavy atom. The Morgan fingerprint density at radius 1 is 1.25 bits per heavy atom. The van der Waals surface area contributed by atoms with E-state index in [1.165, 1.54) is 12.8 Å². The van der Waals surface area contributed by atoms with Gasteiger partial charge in [-0.2, -0.15) is 0 Å². The van der Waals surface area contributed by atoms with Crippen molar-refractivity contribution in [2.45, 2.75) is 47.5 Å². The van der Waals surface area contributed by atoms with E-state index in [4.69, 9.17) is 0 Å². The molecule has 0 aromatic heterocycles. The molecule has 0 spiro atoms. The van der Waals surface area contributed by atoms with Gasteiger partial charge in [0.2, 0.25) is 0 Å². The van der Waals surface area contributed by atoms with Crippen molar-refractivity contribution >= 4 is 0 Å². The van der Waals surface area contributed by atoms with Crippen LogP contribution < -0.4 is 5.32 Å². The van der Waals surface area contributed by atoms with Crippen molar-refractivity contribution < 1.29 is 0 Å². The largest absolute Gasteiger partial charge is 0.316 e. The van der Waals surface area contributed by atoms with E-state index in [1.54, 1.807) is 0 Å². The zero-order valence-electron chi connectivity index (χ0n) is 9.41. The topological polar surface area (TPSA) is 12.0 Å². The van der Waals surface area contributed by atoms with Gasteiger partial charge >= 0.3 is 0 Å². The van der Waals surface area contributed by atoms with E-state index < -0.39 is 0 Å². The lowest BCUT2D eigenvalue weighted by atomic mass is 9.74. The summed E-state index contributed by atoms with van der Waals surface area (Å²) in [5, 5.41) is 3.46. The molecule has 0 aliphatic rings. The van der Waals surface area contributed by atoms with Gasteiger partial charge < -0.3 is 5.32 Å². The summed E-state index contributed by atoms with van der Waals surface area (Å²) in [5.74, 6) is 0.821. The Balaban J connectivity index is 4.03. The molecule has 74 valence electrons. The summed E-state index contributed by atoms with van der Waals surface area (Å²) in [6.45, 7) is 13.8. The number of hydrogen-bond donors (Lipinski definition) is 1. The highest BCUT2D eigenvalue weighted by Crippen LogP contribution is 2.32. The average molecular weight is 171 g/mol. The molecule has 0 saturated carbocycles. The molecule has 0 aliphatic heterocycles. The van der Waals surface area contributed by atoms with Crippen LogP contribution >= 0.6 is 0 Å². The quantitative estimate of drug-likeness (QED) is 0.647. The fraction of sp³-hybridized carbons (Fsp3) is 1.00. The van der Waals surface area contributed by atoms with Crippen molar-refractivity contribution in [2.24, 2.45) is 11.3 Å². The van der Waals surface area contributed by atoms with Crippen LogP contribution in [0.3, 0.4) is 0 Å². The molecule has 0 rings (SSSR count). The summed E-state index contributed by atoms with van der Waals surface area (Å²) >= 11 is 0. The molecule has 1 nitrogen and oxygen atoms in total. The standard InChI is InChI=1S/C11H25N/c1-6-10(4)11(5,7-2)9-12-8-3/h10,12H,6-9H2,1-5H3. The molecule has 0 bridgehead atoms. The third kappa shape index (κ3) is 3.14. The van der Waals surface area contributed by atoms with E-state index in [0.29, 0.717) is 5.41 Å². The maximum absolute atomic E-state index is 3.46. The Morgan fingerprint density at radius 3 is 2.17 bits per heavy atom. The van der Waals surface area contributed by atoms with E-state index >= 15 is 0 Å². The van der Waals surface area contributed by atoms with Crippen LogP contribution in [0.2, 0.25) is 0 Å². The summed E-state index contributed by atoms with van der Waals surface area (Å²) in [5.41, 5.74) is 0.491. The Kier molecular flexibility index (Phi) is 5.56. The summed E-state index contributed by atoms with van der Waals surface area (Å²) in [6, 6.07) is 0.